The number of hydrogen-bond acceptors (Lipinski definition) is 4. The Kier molecular flexibility index (Phi) is 7.05. The molecule has 4 nitrogen and oxygen atoms in total. The van der Waals surface area contributed by atoms with E-state index in [1.165, 1.54) is 6.92 Å². The van der Waals surface area contributed by atoms with E-state index in [0.717, 1.165) is 0 Å². The van der Waals surface area contributed by atoms with Gasteiger partial charge < -0.3 is 9.47 Å². The summed E-state index contributed by atoms with van der Waals surface area (Å²) >= 11 is 3.09. The van der Waals surface area contributed by atoms with Crippen LogP contribution >= 0.6 is 15.9 Å². The Bertz CT molecular complexity index is 255. The smallest absolute Gasteiger partial charge is 0.323 e. The van der Waals surface area contributed by atoms with Crippen molar-refractivity contribution in [3.05, 3.63) is 11.1 Å². The van der Waals surface area contributed by atoms with Crippen LogP contribution in [-0.2, 0) is 19.1 Å². The van der Waals surface area contributed by atoms with Crippen molar-refractivity contribution in [2.45, 2.75) is 27.2 Å². The Morgan fingerprint density at radius 2 is 1.62 bits per heavy atom. The molecule has 0 rings (SSSR count). The van der Waals surface area contributed by atoms with Crippen LogP contribution < -0.4 is 0 Å². The molecule has 0 aromatic rings. The molecule has 16 heavy (non-hydrogen) atoms. The minimum absolute atomic E-state index is 0.242. The highest BCUT2D eigenvalue weighted by Crippen LogP contribution is 2.26. The van der Waals surface area contributed by atoms with E-state index < -0.39 is 17.4 Å². The maximum absolute atomic E-state index is 11.7. The maximum atomic E-state index is 11.7. The molecule has 0 unspecified atom stereocenters. The molecule has 0 heterocycles. The summed E-state index contributed by atoms with van der Waals surface area (Å²) in [6, 6.07) is 0. The molecule has 0 aromatic carbocycles. The van der Waals surface area contributed by atoms with Crippen molar-refractivity contribution in [2.24, 2.45) is 5.41 Å². The predicted molar refractivity (Wildman–Crippen MR) is 64.1 cm³/mol. The summed E-state index contributed by atoms with van der Waals surface area (Å²) in [4.78, 5) is 25.0. The molecule has 0 radical (unpaired) electrons. The van der Waals surface area contributed by atoms with E-state index in [9.17, 15) is 9.59 Å². The number of hydrogen-bond donors (Lipinski definition) is 0. The second-order valence-corrected chi connectivity index (χ2v) is 3.87. The Morgan fingerprint density at radius 1 is 1.19 bits per heavy atom. The Morgan fingerprint density at radius 3 is 1.94 bits per heavy atom. The van der Waals surface area contributed by atoms with E-state index in [-0.39, 0.29) is 19.6 Å². The molecule has 0 atom stereocenters. The molecule has 0 aliphatic heterocycles. The fourth-order valence-electron chi connectivity index (χ4n) is 1.11. The first kappa shape index (κ1) is 15.2. The lowest BCUT2D eigenvalue weighted by molar-refractivity contribution is -0.170. The van der Waals surface area contributed by atoms with Crippen LogP contribution in [-0.4, -0.2) is 25.2 Å². The van der Waals surface area contributed by atoms with Gasteiger partial charge in [-0.2, -0.15) is 0 Å². The Labute approximate surface area is 104 Å². The van der Waals surface area contributed by atoms with Crippen LogP contribution in [0.2, 0.25) is 0 Å². The molecule has 0 bridgehead atoms. The minimum Gasteiger partial charge on any atom is -0.465 e. The van der Waals surface area contributed by atoms with Gasteiger partial charge in [-0.05, 0) is 32.2 Å². The van der Waals surface area contributed by atoms with Gasteiger partial charge in [-0.25, -0.2) is 0 Å². The summed E-state index contributed by atoms with van der Waals surface area (Å²) in [5.41, 5.74) is -1.27. The first-order chi connectivity index (χ1) is 7.52. The monoisotopic (exact) mass is 292 g/mol. The average molecular weight is 293 g/mol. The summed E-state index contributed by atoms with van der Waals surface area (Å²) in [5.74, 6) is -1.11. The largest absolute Gasteiger partial charge is 0.465 e. The van der Waals surface area contributed by atoms with Gasteiger partial charge in [0.2, 0.25) is 0 Å². The number of ether oxygens (including phenoxy) is 2. The summed E-state index contributed by atoms with van der Waals surface area (Å²) in [6.07, 6.45) is 1.92. The van der Waals surface area contributed by atoms with Crippen molar-refractivity contribution in [1.29, 1.82) is 0 Å². The van der Waals surface area contributed by atoms with E-state index in [1.807, 2.05) is 0 Å². The van der Waals surface area contributed by atoms with Gasteiger partial charge in [-0.3, -0.25) is 9.59 Å². The lowest BCUT2D eigenvalue weighted by atomic mass is 9.87. The van der Waals surface area contributed by atoms with Crippen molar-refractivity contribution in [3.63, 3.8) is 0 Å². The van der Waals surface area contributed by atoms with Gasteiger partial charge in [0.15, 0.2) is 5.41 Å². The van der Waals surface area contributed by atoms with E-state index in [4.69, 9.17) is 9.47 Å². The highest BCUT2D eigenvalue weighted by molar-refractivity contribution is 9.11. The topological polar surface area (TPSA) is 52.6 Å². The van der Waals surface area contributed by atoms with Crippen LogP contribution in [0.15, 0.2) is 11.1 Å². The molecule has 0 aliphatic rings. The number of allylic oxidation sites excluding steroid dienone is 1. The summed E-state index contributed by atoms with van der Waals surface area (Å²) < 4.78 is 9.77. The molecule has 0 amide bonds. The zero-order valence-corrected chi connectivity index (χ0v) is 11.4. The molecule has 5 heteroatoms. The fraction of sp³-hybridized carbons (Fsp3) is 0.636. The standard InChI is InChI=1S/C11H17BrO4/c1-4-15-9(13)11(3,7-6-8-12)10(14)16-5-2/h6,8H,4-5,7H2,1-3H3/b8-6+. The quantitative estimate of drug-likeness (QED) is 0.557. The zero-order valence-electron chi connectivity index (χ0n) is 9.79. The lowest BCUT2D eigenvalue weighted by Gasteiger charge is -2.23. The van der Waals surface area contributed by atoms with E-state index in [0.29, 0.717) is 0 Å². The Balaban J connectivity index is 4.85. The Hall–Kier alpha value is -0.840. The predicted octanol–water partition coefficient (Wildman–Crippen LogP) is 2.42. The first-order valence-electron chi connectivity index (χ1n) is 5.12. The van der Waals surface area contributed by atoms with Crippen LogP contribution in [0, 0.1) is 5.41 Å². The second-order valence-electron chi connectivity index (χ2n) is 3.34. The number of esters is 2. The molecule has 92 valence electrons. The van der Waals surface area contributed by atoms with Crippen molar-refractivity contribution in [3.8, 4) is 0 Å². The normalized spacial score (nSPS) is 11.5. The molecular formula is C11H17BrO4. The van der Waals surface area contributed by atoms with Crippen LogP contribution in [0.3, 0.4) is 0 Å². The van der Waals surface area contributed by atoms with Crippen molar-refractivity contribution >= 4 is 27.9 Å². The fourth-order valence-corrected chi connectivity index (χ4v) is 1.30. The van der Waals surface area contributed by atoms with Crippen LogP contribution in [0.4, 0.5) is 0 Å². The van der Waals surface area contributed by atoms with E-state index in [2.05, 4.69) is 15.9 Å². The van der Waals surface area contributed by atoms with Crippen LogP contribution in [0.5, 0.6) is 0 Å². The van der Waals surface area contributed by atoms with Gasteiger partial charge in [0.25, 0.3) is 0 Å². The van der Waals surface area contributed by atoms with Gasteiger partial charge in [-0.15, -0.1) is 0 Å². The molecule has 0 N–H and O–H groups in total. The van der Waals surface area contributed by atoms with E-state index in [1.54, 1.807) is 24.9 Å². The minimum atomic E-state index is -1.27. The van der Waals surface area contributed by atoms with Gasteiger partial charge in [0.1, 0.15) is 0 Å². The summed E-state index contributed by atoms with van der Waals surface area (Å²) in [5, 5.41) is 0. The van der Waals surface area contributed by atoms with Gasteiger partial charge >= 0.3 is 11.9 Å². The number of rotatable bonds is 6. The number of carbonyl (C=O) groups excluding carboxylic acids is 2. The van der Waals surface area contributed by atoms with Crippen molar-refractivity contribution in [2.75, 3.05) is 13.2 Å². The maximum Gasteiger partial charge on any atom is 0.323 e. The average Bonchev–Trinajstić information content (AvgIpc) is 2.26. The van der Waals surface area contributed by atoms with Gasteiger partial charge in [-0.1, -0.05) is 22.0 Å². The molecule has 0 spiro atoms. The summed E-state index contributed by atoms with van der Waals surface area (Å²) in [6.45, 7) is 5.40. The van der Waals surface area contributed by atoms with Crippen molar-refractivity contribution < 1.29 is 19.1 Å². The van der Waals surface area contributed by atoms with Gasteiger partial charge in [0, 0.05) is 0 Å². The zero-order chi connectivity index (χ0) is 12.6. The number of halogens is 1. The highest BCUT2D eigenvalue weighted by Gasteiger charge is 2.43. The van der Waals surface area contributed by atoms with Gasteiger partial charge in [0.05, 0.1) is 13.2 Å². The van der Waals surface area contributed by atoms with E-state index >= 15 is 0 Å². The van der Waals surface area contributed by atoms with Crippen LogP contribution in [0.25, 0.3) is 0 Å². The van der Waals surface area contributed by atoms with Crippen LogP contribution in [0.1, 0.15) is 27.2 Å². The molecule has 0 saturated heterocycles. The number of carbonyl (C=O) groups is 2. The first-order valence-corrected chi connectivity index (χ1v) is 6.04. The second kappa shape index (κ2) is 7.44. The molecule has 0 saturated carbocycles. The third-order valence-corrected chi connectivity index (χ3v) is 2.44. The molecular weight excluding hydrogens is 276 g/mol. The SMILES string of the molecule is CCOC(=O)C(C)(C/C=C/Br)C(=O)OCC. The molecule has 0 fully saturated rings. The molecule has 0 aliphatic carbocycles. The van der Waals surface area contributed by atoms with Crippen molar-refractivity contribution in [1.82, 2.24) is 0 Å². The summed E-state index contributed by atoms with van der Waals surface area (Å²) in [7, 11) is 0. The lowest BCUT2D eigenvalue weighted by Crippen LogP contribution is -2.39. The third-order valence-electron chi connectivity index (χ3n) is 2.07. The third kappa shape index (κ3) is 3.96. The molecule has 0 aromatic heterocycles. The highest BCUT2D eigenvalue weighted by atomic mass is 79.9.